The van der Waals surface area contributed by atoms with Crippen LogP contribution in [0.15, 0.2) is 42.5 Å². The van der Waals surface area contributed by atoms with E-state index in [1.54, 1.807) is 14.2 Å². The minimum absolute atomic E-state index is 0.0419. The third-order valence-corrected chi connectivity index (χ3v) is 6.77. The Labute approximate surface area is 210 Å². The Balaban J connectivity index is 1.34. The Morgan fingerprint density at radius 3 is 2.40 bits per heavy atom. The number of nitrogens with one attached hydrogen (secondary N) is 1. The molecule has 6 heteroatoms. The summed E-state index contributed by atoms with van der Waals surface area (Å²) in [5.74, 6) is 2.11. The van der Waals surface area contributed by atoms with E-state index in [0.717, 1.165) is 55.8 Å². The van der Waals surface area contributed by atoms with Gasteiger partial charge in [0.05, 0.1) is 20.8 Å². The molecule has 6 nitrogen and oxygen atoms in total. The maximum atomic E-state index is 12.0. The number of hydroxylamine groups is 1. The van der Waals surface area contributed by atoms with Gasteiger partial charge in [0.1, 0.15) is 0 Å². The summed E-state index contributed by atoms with van der Waals surface area (Å²) >= 11 is 0. The number of hydrogen-bond acceptors (Lipinski definition) is 5. The predicted octanol–water partition coefficient (Wildman–Crippen LogP) is 5.85. The highest BCUT2D eigenvalue weighted by Crippen LogP contribution is 2.41. The Morgan fingerprint density at radius 2 is 1.69 bits per heavy atom. The van der Waals surface area contributed by atoms with Gasteiger partial charge in [0.25, 0.3) is 0 Å². The maximum Gasteiger partial charge on any atom is 0.243 e. The average molecular weight is 483 g/mol. The largest absolute Gasteiger partial charge is 0.493 e. The van der Waals surface area contributed by atoms with Crippen LogP contribution in [0.25, 0.3) is 0 Å². The second-order valence-electron chi connectivity index (χ2n) is 9.70. The smallest absolute Gasteiger partial charge is 0.243 e. The van der Waals surface area contributed by atoms with Crippen LogP contribution >= 0.6 is 0 Å². The number of benzene rings is 2. The molecule has 1 unspecified atom stereocenters. The summed E-state index contributed by atoms with van der Waals surface area (Å²) in [6.07, 6.45) is 7.04. The van der Waals surface area contributed by atoms with Gasteiger partial charge < -0.3 is 9.47 Å². The molecule has 1 atom stereocenters. The third kappa shape index (κ3) is 7.97. The molecule has 35 heavy (non-hydrogen) atoms. The Bertz CT molecular complexity index is 916. The molecule has 0 radical (unpaired) electrons. The third-order valence-electron chi connectivity index (χ3n) is 6.77. The van der Waals surface area contributed by atoms with Crippen LogP contribution in [0.2, 0.25) is 0 Å². The quantitative estimate of drug-likeness (QED) is 0.270. The molecule has 0 aliphatic carbocycles. The molecule has 0 saturated carbocycles. The van der Waals surface area contributed by atoms with Crippen LogP contribution in [-0.4, -0.2) is 38.1 Å². The summed E-state index contributed by atoms with van der Waals surface area (Å²) in [6.45, 7) is 7.18. The van der Waals surface area contributed by atoms with E-state index in [0.29, 0.717) is 25.0 Å². The lowest BCUT2D eigenvalue weighted by atomic mass is 9.85. The molecular weight excluding hydrogens is 440 g/mol. The molecule has 2 aromatic rings. The van der Waals surface area contributed by atoms with Gasteiger partial charge in [-0.3, -0.25) is 14.5 Å². The molecule has 1 N–H and O–H groups in total. The number of hydrogen-bond donors (Lipinski definition) is 1. The fraction of sp³-hybridized carbons (Fsp3) is 0.552. The minimum Gasteiger partial charge on any atom is -0.493 e. The highest BCUT2D eigenvalue weighted by Gasteiger charge is 2.30. The topological polar surface area (TPSA) is 60.0 Å². The molecule has 1 amide bonds. The molecule has 0 fully saturated rings. The van der Waals surface area contributed by atoms with Crippen LogP contribution < -0.4 is 15.0 Å². The molecule has 0 spiro atoms. The lowest BCUT2D eigenvalue weighted by molar-refractivity contribution is -0.134. The number of ether oxygens (including phenoxy) is 2. The number of unbranched alkanes of at least 4 members (excludes halogenated alkanes) is 4. The predicted molar refractivity (Wildman–Crippen MR) is 139 cm³/mol. The van der Waals surface area contributed by atoms with Gasteiger partial charge in [0.2, 0.25) is 5.91 Å². The van der Waals surface area contributed by atoms with Crippen molar-refractivity contribution in [1.29, 1.82) is 0 Å². The summed E-state index contributed by atoms with van der Waals surface area (Å²) in [7, 11) is 3.40. The second-order valence-corrected chi connectivity index (χ2v) is 9.70. The fourth-order valence-electron chi connectivity index (χ4n) is 5.02. The first kappa shape index (κ1) is 27.0. The maximum absolute atomic E-state index is 12.0. The van der Waals surface area contributed by atoms with Gasteiger partial charge in [0, 0.05) is 19.0 Å². The zero-order chi connectivity index (χ0) is 25.0. The summed E-state index contributed by atoms with van der Waals surface area (Å²) in [5, 5.41) is 0. The van der Waals surface area contributed by atoms with E-state index in [1.807, 2.05) is 30.3 Å². The van der Waals surface area contributed by atoms with E-state index in [2.05, 4.69) is 36.4 Å². The lowest BCUT2D eigenvalue weighted by Gasteiger charge is -2.40. The summed E-state index contributed by atoms with van der Waals surface area (Å²) in [6, 6.07) is 14.6. The molecule has 0 bridgehead atoms. The van der Waals surface area contributed by atoms with Crippen LogP contribution in [0.3, 0.4) is 0 Å². The van der Waals surface area contributed by atoms with Crippen LogP contribution in [0, 0.1) is 5.92 Å². The number of fused-ring (bicyclic) bond motifs is 1. The molecule has 2 aromatic carbocycles. The van der Waals surface area contributed by atoms with E-state index in [4.69, 9.17) is 14.3 Å². The molecular formula is C29H42N2O4. The molecule has 0 saturated heterocycles. The van der Waals surface area contributed by atoms with Gasteiger partial charge in [0.15, 0.2) is 11.5 Å². The lowest BCUT2D eigenvalue weighted by Crippen LogP contribution is -2.38. The monoisotopic (exact) mass is 482 g/mol. The number of amides is 1. The number of methoxy groups -OCH3 is 2. The molecule has 0 aromatic heterocycles. The average Bonchev–Trinajstić information content (AvgIpc) is 2.87. The molecule has 1 aliphatic rings. The molecule has 1 heterocycles. The number of carbonyl (C=O) groups excluding carboxylic acids is 1. The van der Waals surface area contributed by atoms with Crippen molar-refractivity contribution >= 4 is 5.91 Å². The van der Waals surface area contributed by atoms with Crippen molar-refractivity contribution in [1.82, 2.24) is 10.4 Å². The van der Waals surface area contributed by atoms with Crippen LogP contribution in [0.1, 0.15) is 75.1 Å². The van der Waals surface area contributed by atoms with E-state index in [9.17, 15) is 4.79 Å². The highest BCUT2D eigenvalue weighted by atomic mass is 16.6. The van der Waals surface area contributed by atoms with Crippen LogP contribution in [0.5, 0.6) is 11.5 Å². The Kier molecular flexibility index (Phi) is 10.9. The van der Waals surface area contributed by atoms with Gasteiger partial charge in [-0.05, 0) is 60.5 Å². The van der Waals surface area contributed by atoms with Crippen molar-refractivity contribution in [2.24, 2.45) is 5.92 Å². The van der Waals surface area contributed by atoms with Crippen molar-refractivity contribution in [3.63, 3.8) is 0 Å². The zero-order valence-corrected chi connectivity index (χ0v) is 21.8. The normalized spacial score (nSPS) is 15.6. The molecule has 192 valence electrons. The SMILES string of the molecule is COc1cc2c(cc1OC)C(C(C)C)N(CCCCCCCC(=O)NOCc1ccccc1)CC2. The second kappa shape index (κ2) is 14.1. The van der Waals surface area contributed by atoms with E-state index in [-0.39, 0.29) is 5.91 Å². The first-order valence-corrected chi connectivity index (χ1v) is 13.0. The Hall–Kier alpha value is -2.57. The van der Waals surface area contributed by atoms with E-state index < -0.39 is 0 Å². The highest BCUT2D eigenvalue weighted by molar-refractivity contribution is 5.74. The van der Waals surface area contributed by atoms with Gasteiger partial charge in [-0.15, -0.1) is 0 Å². The molecule has 1 aliphatic heterocycles. The van der Waals surface area contributed by atoms with Crippen molar-refractivity contribution in [3.05, 3.63) is 59.2 Å². The van der Waals surface area contributed by atoms with Crippen LogP contribution in [0.4, 0.5) is 0 Å². The standard InChI is InChI=1S/C29H42N2O4/c1-22(2)29-25-20-27(34-4)26(33-3)19-24(25)16-18-31(29)17-12-7-5-6-11-15-28(32)30-35-21-23-13-9-8-10-14-23/h8-10,13-14,19-20,22,29H,5-7,11-12,15-18,21H2,1-4H3,(H,30,32). The van der Waals surface area contributed by atoms with Gasteiger partial charge >= 0.3 is 0 Å². The van der Waals surface area contributed by atoms with Crippen LogP contribution in [-0.2, 0) is 22.7 Å². The first-order chi connectivity index (χ1) is 17.0. The van der Waals surface area contributed by atoms with Crippen molar-refractivity contribution < 1.29 is 19.1 Å². The summed E-state index contributed by atoms with van der Waals surface area (Å²) < 4.78 is 11.1. The summed E-state index contributed by atoms with van der Waals surface area (Å²) in [5.41, 5.74) is 6.36. The van der Waals surface area contributed by atoms with Gasteiger partial charge in [-0.1, -0.05) is 63.4 Å². The zero-order valence-electron chi connectivity index (χ0n) is 21.8. The van der Waals surface area contributed by atoms with Gasteiger partial charge in [-0.2, -0.15) is 0 Å². The fourth-order valence-corrected chi connectivity index (χ4v) is 5.02. The number of carbonyl (C=O) groups is 1. The van der Waals surface area contributed by atoms with Crippen molar-refractivity contribution in [2.45, 2.75) is 71.4 Å². The number of rotatable bonds is 14. The summed E-state index contributed by atoms with van der Waals surface area (Å²) in [4.78, 5) is 19.9. The Morgan fingerprint density at radius 1 is 1.00 bits per heavy atom. The van der Waals surface area contributed by atoms with Gasteiger partial charge in [-0.25, -0.2) is 5.48 Å². The van der Waals surface area contributed by atoms with E-state index >= 15 is 0 Å². The first-order valence-electron chi connectivity index (χ1n) is 13.0. The number of nitrogens with zero attached hydrogens (tertiary/aromatic N) is 1. The van der Waals surface area contributed by atoms with Crippen molar-refractivity contribution in [2.75, 3.05) is 27.3 Å². The van der Waals surface area contributed by atoms with E-state index in [1.165, 1.54) is 24.0 Å². The molecule has 3 rings (SSSR count). The van der Waals surface area contributed by atoms with Crippen molar-refractivity contribution in [3.8, 4) is 11.5 Å². The minimum atomic E-state index is -0.0419.